The molecule has 0 N–H and O–H groups in total. The molecule has 4 nitrogen and oxygen atoms in total. The standard InChI is InChI=1S/C15H25N3OS/c1-15(2,3)14-16-7-11(20-14)8-18-9-12-13(10-18)19-6-5-17(12)4/h7,12-13H,5-6,8-10H2,1-4H3/t12-,13-/m0/s1. The van der Waals surface area contributed by atoms with Crippen LogP contribution in [0.3, 0.4) is 0 Å². The molecule has 0 saturated carbocycles. The highest BCUT2D eigenvalue weighted by Gasteiger charge is 2.38. The third kappa shape index (κ3) is 2.91. The molecule has 5 heteroatoms. The zero-order chi connectivity index (χ0) is 14.3. The monoisotopic (exact) mass is 295 g/mol. The van der Waals surface area contributed by atoms with Crippen molar-refractivity contribution < 1.29 is 4.74 Å². The summed E-state index contributed by atoms with van der Waals surface area (Å²) in [7, 11) is 2.22. The minimum absolute atomic E-state index is 0.158. The minimum atomic E-state index is 0.158. The van der Waals surface area contributed by atoms with Crippen molar-refractivity contribution in [1.29, 1.82) is 0 Å². The molecule has 3 rings (SSSR count). The normalized spacial score (nSPS) is 28.8. The number of ether oxygens (including phenoxy) is 1. The van der Waals surface area contributed by atoms with Crippen molar-refractivity contribution in [3.05, 3.63) is 16.1 Å². The number of fused-ring (bicyclic) bond motifs is 1. The van der Waals surface area contributed by atoms with E-state index >= 15 is 0 Å². The first-order valence-corrected chi connectivity index (χ1v) is 8.24. The first-order chi connectivity index (χ1) is 9.43. The van der Waals surface area contributed by atoms with Gasteiger partial charge in [0.05, 0.1) is 17.7 Å². The molecular weight excluding hydrogens is 270 g/mol. The van der Waals surface area contributed by atoms with E-state index in [1.807, 2.05) is 11.3 Å². The predicted octanol–water partition coefficient (Wildman–Crippen LogP) is 1.96. The second-order valence-corrected chi connectivity index (χ2v) is 8.15. The van der Waals surface area contributed by atoms with Gasteiger partial charge in [-0.05, 0) is 7.05 Å². The molecule has 112 valence electrons. The summed E-state index contributed by atoms with van der Waals surface area (Å²) in [5, 5.41) is 1.23. The van der Waals surface area contributed by atoms with Gasteiger partial charge in [0.1, 0.15) is 0 Å². The molecular formula is C15H25N3OS. The number of rotatable bonds is 2. The van der Waals surface area contributed by atoms with Gasteiger partial charge in [0.2, 0.25) is 0 Å². The largest absolute Gasteiger partial charge is 0.374 e. The van der Waals surface area contributed by atoms with Crippen LogP contribution in [0.5, 0.6) is 0 Å². The topological polar surface area (TPSA) is 28.6 Å². The Morgan fingerprint density at radius 1 is 1.40 bits per heavy atom. The molecule has 1 aromatic heterocycles. The lowest BCUT2D eigenvalue weighted by Gasteiger charge is -2.33. The molecule has 0 aliphatic carbocycles. The Kier molecular flexibility index (Phi) is 3.88. The van der Waals surface area contributed by atoms with Crippen LogP contribution in [0, 0.1) is 0 Å². The molecule has 20 heavy (non-hydrogen) atoms. The summed E-state index contributed by atoms with van der Waals surface area (Å²) in [6.45, 7) is 11.8. The molecule has 2 aliphatic rings. The molecule has 2 fully saturated rings. The summed E-state index contributed by atoms with van der Waals surface area (Å²) in [6, 6.07) is 0.568. The molecule has 0 bridgehead atoms. The van der Waals surface area contributed by atoms with Crippen LogP contribution in [-0.4, -0.2) is 60.2 Å². The van der Waals surface area contributed by atoms with Crippen molar-refractivity contribution >= 4 is 11.3 Å². The van der Waals surface area contributed by atoms with Gasteiger partial charge in [0.15, 0.2) is 0 Å². The van der Waals surface area contributed by atoms with Crippen LogP contribution < -0.4 is 0 Å². The maximum absolute atomic E-state index is 5.90. The van der Waals surface area contributed by atoms with E-state index in [0.29, 0.717) is 12.1 Å². The summed E-state index contributed by atoms with van der Waals surface area (Å²) in [5.74, 6) is 0. The molecule has 2 atom stereocenters. The number of morpholine rings is 1. The predicted molar refractivity (Wildman–Crippen MR) is 82.2 cm³/mol. The Labute approximate surface area is 125 Å². The molecule has 0 amide bonds. The van der Waals surface area contributed by atoms with Gasteiger partial charge in [-0.1, -0.05) is 20.8 Å². The van der Waals surface area contributed by atoms with E-state index in [2.05, 4.69) is 48.8 Å². The Morgan fingerprint density at radius 3 is 2.85 bits per heavy atom. The van der Waals surface area contributed by atoms with E-state index in [1.165, 1.54) is 9.88 Å². The summed E-state index contributed by atoms with van der Waals surface area (Å²) in [4.78, 5) is 10.9. The summed E-state index contributed by atoms with van der Waals surface area (Å²) in [5.41, 5.74) is 0.158. The highest BCUT2D eigenvalue weighted by Crippen LogP contribution is 2.29. The fourth-order valence-corrected chi connectivity index (χ4v) is 4.02. The van der Waals surface area contributed by atoms with E-state index in [1.54, 1.807) is 0 Å². The maximum Gasteiger partial charge on any atom is 0.0981 e. The Balaban J connectivity index is 1.63. The molecule has 3 heterocycles. The van der Waals surface area contributed by atoms with Gasteiger partial charge in [-0.15, -0.1) is 11.3 Å². The van der Waals surface area contributed by atoms with E-state index in [9.17, 15) is 0 Å². The zero-order valence-electron chi connectivity index (χ0n) is 12.9. The van der Waals surface area contributed by atoms with Crippen molar-refractivity contribution in [2.24, 2.45) is 0 Å². The third-order valence-electron chi connectivity index (χ3n) is 4.23. The number of hydrogen-bond donors (Lipinski definition) is 0. The second-order valence-electron chi connectivity index (χ2n) is 7.03. The lowest BCUT2D eigenvalue weighted by molar-refractivity contribution is -0.0370. The summed E-state index contributed by atoms with van der Waals surface area (Å²) in [6.07, 6.45) is 2.45. The number of likely N-dealkylation sites (tertiary alicyclic amines) is 1. The average Bonchev–Trinajstić information content (AvgIpc) is 2.96. The Bertz CT molecular complexity index is 468. The van der Waals surface area contributed by atoms with Gasteiger partial charge in [-0.3, -0.25) is 9.80 Å². The molecule has 0 unspecified atom stereocenters. The van der Waals surface area contributed by atoms with Crippen molar-refractivity contribution in [2.75, 3.05) is 33.3 Å². The lowest BCUT2D eigenvalue weighted by atomic mass is 9.98. The first-order valence-electron chi connectivity index (χ1n) is 7.43. The highest BCUT2D eigenvalue weighted by molar-refractivity contribution is 7.11. The number of likely N-dealkylation sites (N-methyl/N-ethyl adjacent to an activating group) is 1. The smallest absolute Gasteiger partial charge is 0.0981 e. The SMILES string of the molecule is CN1CCO[C@H]2CN(Cc3cnc(C(C)(C)C)s3)C[C@@H]21. The fourth-order valence-electron chi connectivity index (χ4n) is 3.01. The lowest BCUT2D eigenvalue weighted by Crippen LogP contribution is -2.48. The van der Waals surface area contributed by atoms with Crippen LogP contribution in [0.4, 0.5) is 0 Å². The van der Waals surface area contributed by atoms with Crippen molar-refractivity contribution in [3.8, 4) is 0 Å². The van der Waals surface area contributed by atoms with Crippen LogP contribution in [0.25, 0.3) is 0 Å². The Morgan fingerprint density at radius 2 is 2.20 bits per heavy atom. The zero-order valence-corrected chi connectivity index (χ0v) is 13.7. The number of nitrogens with zero attached hydrogens (tertiary/aromatic N) is 3. The van der Waals surface area contributed by atoms with Crippen LogP contribution >= 0.6 is 11.3 Å². The summed E-state index contributed by atoms with van der Waals surface area (Å²) >= 11 is 1.85. The van der Waals surface area contributed by atoms with Crippen LogP contribution in [0.15, 0.2) is 6.20 Å². The highest BCUT2D eigenvalue weighted by atomic mass is 32.1. The van der Waals surface area contributed by atoms with Crippen molar-refractivity contribution in [3.63, 3.8) is 0 Å². The van der Waals surface area contributed by atoms with E-state index in [0.717, 1.165) is 32.8 Å². The molecule has 0 aromatic carbocycles. The quantitative estimate of drug-likeness (QED) is 0.834. The van der Waals surface area contributed by atoms with Gasteiger partial charge in [0.25, 0.3) is 0 Å². The van der Waals surface area contributed by atoms with Crippen LogP contribution in [0.2, 0.25) is 0 Å². The molecule has 1 aromatic rings. The van der Waals surface area contributed by atoms with E-state index in [4.69, 9.17) is 4.74 Å². The Hall–Kier alpha value is -0.490. The molecule has 2 aliphatic heterocycles. The van der Waals surface area contributed by atoms with Gasteiger partial charge in [-0.25, -0.2) is 4.98 Å². The van der Waals surface area contributed by atoms with E-state index in [-0.39, 0.29) is 5.41 Å². The fraction of sp³-hybridized carbons (Fsp3) is 0.800. The van der Waals surface area contributed by atoms with Gasteiger partial charge >= 0.3 is 0 Å². The molecule has 0 spiro atoms. The molecule has 2 saturated heterocycles. The van der Waals surface area contributed by atoms with Crippen LogP contribution in [0.1, 0.15) is 30.7 Å². The van der Waals surface area contributed by atoms with Crippen molar-refractivity contribution in [2.45, 2.75) is 44.9 Å². The minimum Gasteiger partial charge on any atom is -0.374 e. The number of aromatic nitrogens is 1. The average molecular weight is 295 g/mol. The van der Waals surface area contributed by atoms with Gasteiger partial charge < -0.3 is 4.74 Å². The van der Waals surface area contributed by atoms with Gasteiger partial charge in [0, 0.05) is 48.7 Å². The maximum atomic E-state index is 5.90. The van der Waals surface area contributed by atoms with Crippen LogP contribution in [-0.2, 0) is 16.7 Å². The first kappa shape index (κ1) is 14.4. The number of hydrogen-bond acceptors (Lipinski definition) is 5. The van der Waals surface area contributed by atoms with Gasteiger partial charge in [-0.2, -0.15) is 0 Å². The third-order valence-corrected chi connectivity index (χ3v) is 5.64. The molecule has 0 radical (unpaired) electrons. The second kappa shape index (κ2) is 5.37. The van der Waals surface area contributed by atoms with E-state index < -0.39 is 0 Å². The van der Waals surface area contributed by atoms with Crippen molar-refractivity contribution in [1.82, 2.24) is 14.8 Å². The summed E-state index contributed by atoms with van der Waals surface area (Å²) < 4.78 is 5.90. The number of thiazole rings is 1.